The molecule has 2 aromatic rings. The second-order valence-electron chi connectivity index (χ2n) is 6.64. The van der Waals surface area contributed by atoms with Gasteiger partial charge in [-0.1, -0.05) is 0 Å². The Balaban J connectivity index is 1.94. The molecular weight excluding hydrogens is 344 g/mol. The Hall–Kier alpha value is -2.54. The molecule has 0 radical (unpaired) electrons. The Bertz CT molecular complexity index is 942. The van der Waals surface area contributed by atoms with Crippen molar-refractivity contribution in [3.8, 4) is 17.2 Å². The molecule has 7 heteroatoms. The monoisotopic (exact) mass is 362 g/mol. The van der Waals surface area contributed by atoms with Crippen LogP contribution in [0.3, 0.4) is 0 Å². The van der Waals surface area contributed by atoms with E-state index in [0.717, 1.165) is 6.26 Å². The first kappa shape index (κ1) is 17.3. The molecule has 3 rings (SSSR count). The fourth-order valence-electron chi connectivity index (χ4n) is 2.79. The van der Waals surface area contributed by atoms with Gasteiger partial charge in [0, 0.05) is 24.3 Å². The van der Waals surface area contributed by atoms with Crippen molar-refractivity contribution in [2.75, 3.05) is 6.26 Å². The third-order valence-corrected chi connectivity index (χ3v) is 5.02. The summed E-state index contributed by atoms with van der Waals surface area (Å²) in [5, 5.41) is 9.46. The quantitative estimate of drug-likeness (QED) is 0.897. The van der Waals surface area contributed by atoms with Crippen LogP contribution in [0.1, 0.15) is 29.8 Å². The Morgan fingerprint density at radius 3 is 2.36 bits per heavy atom. The molecule has 1 aliphatic rings. The van der Waals surface area contributed by atoms with Gasteiger partial charge in [-0.3, -0.25) is 0 Å². The van der Waals surface area contributed by atoms with Gasteiger partial charge in [-0.25, -0.2) is 13.2 Å². The van der Waals surface area contributed by atoms with Crippen LogP contribution in [0.4, 0.5) is 0 Å². The summed E-state index contributed by atoms with van der Waals surface area (Å²) < 4.78 is 34.5. The van der Waals surface area contributed by atoms with Gasteiger partial charge in [0.05, 0.1) is 10.5 Å². The van der Waals surface area contributed by atoms with Gasteiger partial charge in [-0.15, -0.1) is 0 Å². The van der Waals surface area contributed by atoms with E-state index in [1.54, 1.807) is 6.07 Å². The van der Waals surface area contributed by atoms with E-state index in [9.17, 15) is 18.3 Å². The van der Waals surface area contributed by atoms with Crippen molar-refractivity contribution >= 4 is 15.8 Å². The third-order valence-electron chi connectivity index (χ3n) is 3.89. The summed E-state index contributed by atoms with van der Waals surface area (Å²) >= 11 is 0. The summed E-state index contributed by atoms with van der Waals surface area (Å²) in [5.74, 6) is 0.171. The maximum Gasteiger partial charge on any atom is 0.336 e. The minimum Gasteiger partial charge on any atom is -0.487 e. The van der Waals surface area contributed by atoms with E-state index < -0.39 is 21.4 Å². The number of rotatable bonds is 4. The first-order chi connectivity index (χ1) is 11.5. The molecule has 0 fully saturated rings. The van der Waals surface area contributed by atoms with E-state index in [2.05, 4.69) is 0 Å². The predicted octanol–water partition coefficient (Wildman–Crippen LogP) is 3.29. The lowest BCUT2D eigenvalue weighted by molar-refractivity contribution is 0.0695. The predicted molar refractivity (Wildman–Crippen MR) is 91.4 cm³/mol. The van der Waals surface area contributed by atoms with Gasteiger partial charge in [0.2, 0.25) is 0 Å². The van der Waals surface area contributed by atoms with Crippen molar-refractivity contribution in [3.05, 3.63) is 47.5 Å². The van der Waals surface area contributed by atoms with Gasteiger partial charge in [-0.2, -0.15) is 0 Å². The largest absolute Gasteiger partial charge is 0.487 e. The Kier molecular flexibility index (Phi) is 3.99. The van der Waals surface area contributed by atoms with E-state index in [1.165, 1.54) is 30.3 Å². The lowest BCUT2D eigenvalue weighted by Gasteiger charge is -2.16. The summed E-state index contributed by atoms with van der Waals surface area (Å²) in [6.45, 7) is 3.78. The first-order valence-corrected chi connectivity index (χ1v) is 9.51. The molecule has 25 heavy (non-hydrogen) atoms. The highest BCUT2D eigenvalue weighted by Crippen LogP contribution is 2.40. The number of benzene rings is 2. The molecule has 1 heterocycles. The Labute approximate surface area is 145 Å². The minimum atomic E-state index is -3.28. The topological polar surface area (TPSA) is 89.9 Å². The molecule has 0 saturated carbocycles. The van der Waals surface area contributed by atoms with Crippen molar-refractivity contribution in [2.45, 2.75) is 30.8 Å². The van der Waals surface area contributed by atoms with Crippen molar-refractivity contribution in [1.82, 2.24) is 0 Å². The molecule has 0 bridgehead atoms. The van der Waals surface area contributed by atoms with Crippen LogP contribution in [0.25, 0.3) is 0 Å². The molecule has 0 unspecified atom stereocenters. The molecule has 0 aliphatic carbocycles. The maximum absolute atomic E-state index is 11.6. The number of hydrogen-bond acceptors (Lipinski definition) is 5. The standard InChI is InChI=1S/C18H18O6S/c1-18(2)10-15-14(17(19)20)8-12(9-16(15)24-18)23-11-4-6-13(7-5-11)25(3,21)22/h4-9H,10H2,1-3H3,(H,19,20). The van der Waals surface area contributed by atoms with Crippen molar-refractivity contribution in [2.24, 2.45) is 0 Å². The molecular formula is C18H18O6S. The molecule has 0 amide bonds. The number of ether oxygens (including phenoxy) is 2. The number of carboxylic acid groups (broad SMARTS) is 1. The van der Waals surface area contributed by atoms with Crippen LogP contribution >= 0.6 is 0 Å². The lowest BCUT2D eigenvalue weighted by atomic mass is 9.97. The number of aromatic carboxylic acids is 1. The number of hydrogen-bond donors (Lipinski definition) is 1. The Morgan fingerprint density at radius 1 is 1.16 bits per heavy atom. The highest BCUT2D eigenvalue weighted by Gasteiger charge is 2.34. The normalized spacial score (nSPS) is 15.3. The molecule has 2 aromatic carbocycles. The van der Waals surface area contributed by atoms with Gasteiger partial charge in [-0.05, 0) is 44.2 Å². The first-order valence-electron chi connectivity index (χ1n) is 7.62. The summed E-state index contributed by atoms with van der Waals surface area (Å²) in [4.78, 5) is 11.7. The zero-order valence-electron chi connectivity index (χ0n) is 14.1. The maximum atomic E-state index is 11.6. The molecule has 0 saturated heterocycles. The molecule has 132 valence electrons. The van der Waals surface area contributed by atoms with Crippen LogP contribution in [0.2, 0.25) is 0 Å². The minimum absolute atomic E-state index is 0.144. The van der Waals surface area contributed by atoms with E-state index >= 15 is 0 Å². The van der Waals surface area contributed by atoms with Gasteiger partial charge >= 0.3 is 5.97 Å². The molecule has 1 N–H and O–H groups in total. The average Bonchev–Trinajstić information content (AvgIpc) is 2.79. The SMILES string of the molecule is CC1(C)Cc2c(cc(Oc3ccc(S(C)(=O)=O)cc3)cc2C(=O)O)O1. The summed E-state index contributed by atoms with van der Waals surface area (Å²) in [7, 11) is -3.28. The van der Waals surface area contributed by atoms with Gasteiger partial charge < -0.3 is 14.6 Å². The zero-order valence-corrected chi connectivity index (χ0v) is 14.9. The van der Waals surface area contributed by atoms with Crippen LogP contribution in [0, 0.1) is 0 Å². The van der Waals surface area contributed by atoms with Crippen molar-refractivity contribution in [1.29, 1.82) is 0 Å². The fraction of sp³-hybridized carbons (Fsp3) is 0.278. The molecule has 0 spiro atoms. The smallest absolute Gasteiger partial charge is 0.336 e. The van der Waals surface area contributed by atoms with Crippen LogP contribution in [0.15, 0.2) is 41.3 Å². The zero-order chi connectivity index (χ0) is 18.4. The summed E-state index contributed by atoms with van der Waals surface area (Å²) in [6, 6.07) is 9.03. The van der Waals surface area contributed by atoms with E-state index in [4.69, 9.17) is 9.47 Å². The van der Waals surface area contributed by atoms with Gasteiger partial charge in [0.15, 0.2) is 9.84 Å². The average molecular weight is 362 g/mol. The van der Waals surface area contributed by atoms with E-state index in [-0.39, 0.29) is 10.5 Å². The second kappa shape index (κ2) is 5.77. The summed E-state index contributed by atoms with van der Waals surface area (Å²) in [6.07, 6.45) is 1.63. The fourth-order valence-corrected chi connectivity index (χ4v) is 3.42. The van der Waals surface area contributed by atoms with E-state index in [1.807, 2.05) is 13.8 Å². The second-order valence-corrected chi connectivity index (χ2v) is 8.65. The van der Waals surface area contributed by atoms with Gasteiger partial charge in [0.25, 0.3) is 0 Å². The molecule has 6 nitrogen and oxygen atoms in total. The molecule has 0 atom stereocenters. The van der Waals surface area contributed by atoms with E-state index in [0.29, 0.717) is 29.2 Å². The third kappa shape index (κ3) is 3.61. The number of fused-ring (bicyclic) bond motifs is 1. The van der Waals surface area contributed by atoms with Crippen LogP contribution in [-0.4, -0.2) is 31.4 Å². The van der Waals surface area contributed by atoms with Crippen LogP contribution in [0.5, 0.6) is 17.2 Å². The Morgan fingerprint density at radius 2 is 1.80 bits per heavy atom. The van der Waals surface area contributed by atoms with Gasteiger partial charge in [0.1, 0.15) is 22.8 Å². The highest BCUT2D eigenvalue weighted by atomic mass is 32.2. The number of carbonyl (C=O) groups is 1. The van der Waals surface area contributed by atoms with Crippen molar-refractivity contribution in [3.63, 3.8) is 0 Å². The lowest BCUT2D eigenvalue weighted by Crippen LogP contribution is -2.24. The van der Waals surface area contributed by atoms with Crippen molar-refractivity contribution < 1.29 is 27.8 Å². The van der Waals surface area contributed by atoms with Crippen LogP contribution in [-0.2, 0) is 16.3 Å². The number of sulfone groups is 1. The van der Waals surface area contributed by atoms with Crippen LogP contribution < -0.4 is 9.47 Å². The molecule has 0 aromatic heterocycles. The highest BCUT2D eigenvalue weighted by molar-refractivity contribution is 7.90. The number of carboxylic acids is 1. The molecule has 1 aliphatic heterocycles. The summed E-state index contributed by atoms with van der Waals surface area (Å²) in [5.41, 5.74) is 0.325.